The smallest absolute Gasteiger partial charge is 0.320 e. The van der Waals surface area contributed by atoms with Gasteiger partial charge in [0, 0.05) is 0 Å². The predicted molar refractivity (Wildman–Crippen MR) is 84.4 cm³/mol. The van der Waals surface area contributed by atoms with Crippen LogP contribution in [0.4, 0.5) is 0 Å². The molecular weight excluding hydrogens is 280 g/mol. The normalized spacial score (nSPS) is 20.0. The number of carboxylic acids is 1. The van der Waals surface area contributed by atoms with Crippen molar-refractivity contribution >= 4 is 11.9 Å². The number of hydrogen-bond donors (Lipinski definition) is 2. The molecule has 1 saturated heterocycles. The van der Waals surface area contributed by atoms with Gasteiger partial charge in [-0.05, 0) is 30.9 Å². The Balaban J connectivity index is 1.99. The highest BCUT2D eigenvalue weighted by molar-refractivity contribution is 5.80. The van der Waals surface area contributed by atoms with Gasteiger partial charge in [-0.3, -0.25) is 14.5 Å². The number of amides is 1. The van der Waals surface area contributed by atoms with Gasteiger partial charge in [-0.15, -0.1) is 0 Å². The molecule has 1 amide bonds. The summed E-state index contributed by atoms with van der Waals surface area (Å²) < 4.78 is 0. The molecule has 1 aliphatic rings. The molecule has 1 aliphatic heterocycles. The van der Waals surface area contributed by atoms with E-state index in [0.29, 0.717) is 13.0 Å². The first kappa shape index (κ1) is 16.5. The van der Waals surface area contributed by atoms with Crippen molar-refractivity contribution in [1.29, 1.82) is 0 Å². The Hall–Kier alpha value is -1.88. The lowest BCUT2D eigenvalue weighted by Crippen LogP contribution is -2.44. The fourth-order valence-electron chi connectivity index (χ4n) is 2.99. The average Bonchev–Trinajstić information content (AvgIpc) is 2.93. The van der Waals surface area contributed by atoms with Crippen LogP contribution in [0.5, 0.6) is 0 Å². The average molecular weight is 304 g/mol. The molecule has 1 heterocycles. The van der Waals surface area contributed by atoms with E-state index >= 15 is 0 Å². The third kappa shape index (κ3) is 4.07. The van der Waals surface area contributed by atoms with E-state index in [1.54, 1.807) is 4.90 Å². The first-order chi connectivity index (χ1) is 10.5. The lowest BCUT2D eigenvalue weighted by molar-refractivity contribution is -0.142. The van der Waals surface area contributed by atoms with Crippen molar-refractivity contribution in [3.63, 3.8) is 0 Å². The number of rotatable bonds is 6. The van der Waals surface area contributed by atoms with Gasteiger partial charge in [0.2, 0.25) is 5.91 Å². The van der Waals surface area contributed by atoms with Crippen molar-refractivity contribution < 1.29 is 14.7 Å². The molecule has 2 N–H and O–H groups in total. The standard InChI is InChI=1S/C17H24N2O3/c1-12(2)16(13-7-4-3-5-8-13)18-15(20)11-19-10-6-9-14(19)17(21)22/h3-5,7-8,12,14,16H,6,9-11H2,1-2H3,(H,18,20)(H,21,22). The van der Waals surface area contributed by atoms with E-state index in [0.717, 1.165) is 12.0 Å². The summed E-state index contributed by atoms with van der Waals surface area (Å²) in [5.74, 6) is -0.690. The zero-order valence-corrected chi connectivity index (χ0v) is 13.2. The van der Waals surface area contributed by atoms with Crippen LogP contribution < -0.4 is 5.32 Å². The minimum absolute atomic E-state index is 0.0559. The van der Waals surface area contributed by atoms with Gasteiger partial charge >= 0.3 is 5.97 Å². The number of aliphatic carboxylic acids is 1. The summed E-state index contributed by atoms with van der Waals surface area (Å²) >= 11 is 0. The fourth-order valence-corrected chi connectivity index (χ4v) is 2.99. The van der Waals surface area contributed by atoms with Crippen LogP contribution in [-0.4, -0.2) is 41.0 Å². The Labute approximate surface area is 131 Å². The zero-order valence-electron chi connectivity index (χ0n) is 13.2. The minimum Gasteiger partial charge on any atom is -0.480 e. The molecule has 2 atom stereocenters. The van der Waals surface area contributed by atoms with E-state index in [1.807, 2.05) is 30.3 Å². The number of carboxylic acid groups (broad SMARTS) is 1. The molecule has 0 aromatic heterocycles. The zero-order chi connectivity index (χ0) is 16.1. The molecule has 0 radical (unpaired) electrons. The second kappa shape index (κ2) is 7.40. The van der Waals surface area contributed by atoms with Crippen LogP contribution in [0.2, 0.25) is 0 Å². The van der Waals surface area contributed by atoms with Crippen molar-refractivity contribution in [2.75, 3.05) is 13.1 Å². The monoisotopic (exact) mass is 304 g/mol. The topological polar surface area (TPSA) is 69.6 Å². The second-order valence-electron chi connectivity index (χ2n) is 6.17. The van der Waals surface area contributed by atoms with E-state index in [9.17, 15) is 14.7 Å². The van der Waals surface area contributed by atoms with Crippen molar-refractivity contribution in [2.45, 2.75) is 38.8 Å². The molecule has 1 aromatic carbocycles. The molecular formula is C17H24N2O3. The lowest BCUT2D eigenvalue weighted by Gasteiger charge is -2.26. The van der Waals surface area contributed by atoms with Crippen molar-refractivity contribution in [3.8, 4) is 0 Å². The van der Waals surface area contributed by atoms with Gasteiger partial charge in [-0.1, -0.05) is 44.2 Å². The maximum absolute atomic E-state index is 12.3. The molecule has 0 bridgehead atoms. The summed E-state index contributed by atoms with van der Waals surface area (Å²) in [6, 6.07) is 9.28. The van der Waals surface area contributed by atoms with E-state index in [1.165, 1.54) is 0 Å². The van der Waals surface area contributed by atoms with Gasteiger partial charge in [-0.2, -0.15) is 0 Å². The molecule has 5 heteroatoms. The Kier molecular flexibility index (Phi) is 5.55. The van der Waals surface area contributed by atoms with Crippen LogP contribution >= 0.6 is 0 Å². The van der Waals surface area contributed by atoms with Crippen LogP contribution in [0.1, 0.15) is 38.3 Å². The van der Waals surface area contributed by atoms with Gasteiger partial charge in [0.05, 0.1) is 12.6 Å². The molecule has 120 valence electrons. The number of likely N-dealkylation sites (tertiary alicyclic amines) is 1. The van der Waals surface area contributed by atoms with Crippen LogP contribution in [0.25, 0.3) is 0 Å². The molecule has 22 heavy (non-hydrogen) atoms. The Morgan fingerprint density at radius 3 is 2.59 bits per heavy atom. The summed E-state index contributed by atoms with van der Waals surface area (Å²) in [5, 5.41) is 12.2. The number of carbonyl (C=O) groups is 2. The maximum atomic E-state index is 12.3. The Morgan fingerprint density at radius 1 is 1.32 bits per heavy atom. The molecule has 0 saturated carbocycles. The van der Waals surface area contributed by atoms with Gasteiger partial charge in [0.15, 0.2) is 0 Å². The number of nitrogens with zero attached hydrogens (tertiary/aromatic N) is 1. The molecule has 1 fully saturated rings. The first-order valence-electron chi connectivity index (χ1n) is 7.80. The first-order valence-corrected chi connectivity index (χ1v) is 7.80. The molecule has 1 aromatic rings. The highest BCUT2D eigenvalue weighted by Gasteiger charge is 2.32. The fraction of sp³-hybridized carbons (Fsp3) is 0.529. The molecule has 0 spiro atoms. The number of benzene rings is 1. The molecule has 2 rings (SSSR count). The predicted octanol–water partition coefficient (Wildman–Crippen LogP) is 2.05. The third-order valence-electron chi connectivity index (χ3n) is 4.14. The van der Waals surface area contributed by atoms with E-state index in [2.05, 4.69) is 19.2 Å². The van der Waals surface area contributed by atoms with E-state index < -0.39 is 12.0 Å². The Bertz CT molecular complexity index is 516. The van der Waals surface area contributed by atoms with Crippen LogP contribution in [0.15, 0.2) is 30.3 Å². The highest BCUT2D eigenvalue weighted by Crippen LogP contribution is 2.22. The maximum Gasteiger partial charge on any atom is 0.320 e. The second-order valence-corrected chi connectivity index (χ2v) is 6.17. The van der Waals surface area contributed by atoms with E-state index in [-0.39, 0.29) is 24.4 Å². The Morgan fingerprint density at radius 2 is 2.00 bits per heavy atom. The lowest BCUT2D eigenvalue weighted by atomic mass is 9.96. The molecule has 2 unspecified atom stereocenters. The number of nitrogens with one attached hydrogen (secondary N) is 1. The minimum atomic E-state index is -0.839. The van der Waals surface area contributed by atoms with Gasteiger partial charge in [0.25, 0.3) is 0 Å². The summed E-state index contributed by atoms with van der Waals surface area (Å²) in [6.07, 6.45) is 1.45. The summed E-state index contributed by atoms with van der Waals surface area (Å²) in [7, 11) is 0. The highest BCUT2D eigenvalue weighted by atomic mass is 16.4. The summed E-state index contributed by atoms with van der Waals surface area (Å²) in [5.41, 5.74) is 1.07. The quantitative estimate of drug-likeness (QED) is 0.844. The van der Waals surface area contributed by atoms with Crippen molar-refractivity contribution in [2.24, 2.45) is 5.92 Å². The van der Waals surface area contributed by atoms with Crippen LogP contribution in [0.3, 0.4) is 0 Å². The largest absolute Gasteiger partial charge is 0.480 e. The number of hydrogen-bond acceptors (Lipinski definition) is 3. The summed E-state index contributed by atoms with van der Waals surface area (Å²) in [6.45, 7) is 4.94. The van der Waals surface area contributed by atoms with Crippen molar-refractivity contribution in [3.05, 3.63) is 35.9 Å². The molecule has 0 aliphatic carbocycles. The van der Waals surface area contributed by atoms with Crippen LogP contribution in [-0.2, 0) is 9.59 Å². The van der Waals surface area contributed by atoms with Gasteiger partial charge in [0.1, 0.15) is 6.04 Å². The SMILES string of the molecule is CC(C)C(NC(=O)CN1CCCC1C(=O)O)c1ccccc1. The van der Waals surface area contributed by atoms with Crippen molar-refractivity contribution in [1.82, 2.24) is 10.2 Å². The number of carbonyl (C=O) groups excluding carboxylic acids is 1. The summed E-state index contributed by atoms with van der Waals surface area (Å²) in [4.78, 5) is 25.2. The van der Waals surface area contributed by atoms with Gasteiger partial charge in [-0.25, -0.2) is 0 Å². The molecule has 5 nitrogen and oxygen atoms in total. The van der Waals surface area contributed by atoms with E-state index in [4.69, 9.17) is 0 Å². The van der Waals surface area contributed by atoms with Crippen LogP contribution in [0, 0.1) is 5.92 Å². The third-order valence-corrected chi connectivity index (χ3v) is 4.14. The van der Waals surface area contributed by atoms with Gasteiger partial charge < -0.3 is 10.4 Å².